The molecule has 4 heteroatoms. The second kappa shape index (κ2) is 7.26. The fraction of sp³-hybridized carbons (Fsp3) is 0.429. The monoisotopic (exact) mass is 339 g/mol. The van der Waals surface area contributed by atoms with Crippen LogP contribution in [0.2, 0.25) is 0 Å². The molecule has 0 fully saturated rings. The number of rotatable bonds is 5. The van der Waals surface area contributed by atoms with E-state index < -0.39 is 0 Å². The van der Waals surface area contributed by atoms with E-state index in [-0.39, 0.29) is 17.7 Å². The van der Waals surface area contributed by atoms with Gasteiger partial charge >= 0.3 is 5.97 Å². The Morgan fingerprint density at radius 2 is 1.92 bits per heavy atom. The molecular formula is C21H25NO3. The van der Waals surface area contributed by atoms with Gasteiger partial charge in [0.1, 0.15) is 5.69 Å². The standard InChI is InChI=1S/C21H25NO3/c1-4-10-25-21(24)20-13(3)19-17(22-20)11-16(12-18(19)23)15-8-6-14(5-2)7-9-15/h6-9,16,22H,4-5,10-12H2,1-3H3. The highest BCUT2D eigenvalue weighted by Gasteiger charge is 2.32. The number of esters is 1. The smallest absolute Gasteiger partial charge is 0.355 e. The molecule has 0 aliphatic heterocycles. The molecule has 0 saturated carbocycles. The average Bonchev–Trinajstić information content (AvgIpc) is 2.97. The molecule has 1 heterocycles. The number of aryl methyl sites for hydroxylation is 1. The van der Waals surface area contributed by atoms with E-state index >= 15 is 0 Å². The fourth-order valence-electron chi connectivity index (χ4n) is 3.57. The van der Waals surface area contributed by atoms with Crippen molar-refractivity contribution in [1.82, 2.24) is 4.98 Å². The summed E-state index contributed by atoms with van der Waals surface area (Å²) in [4.78, 5) is 28.1. The normalized spacial score (nSPS) is 16.6. The van der Waals surface area contributed by atoms with Crippen LogP contribution < -0.4 is 0 Å². The van der Waals surface area contributed by atoms with Crippen molar-refractivity contribution in [3.05, 3.63) is 57.9 Å². The Bertz CT molecular complexity index is 786. The number of H-pyrrole nitrogens is 1. The van der Waals surface area contributed by atoms with Gasteiger partial charge in [-0.1, -0.05) is 38.1 Å². The zero-order valence-corrected chi connectivity index (χ0v) is 15.1. The topological polar surface area (TPSA) is 59.2 Å². The Morgan fingerprint density at radius 1 is 1.20 bits per heavy atom. The Kier molecular flexibility index (Phi) is 5.07. The second-order valence-electron chi connectivity index (χ2n) is 6.74. The van der Waals surface area contributed by atoms with Gasteiger partial charge in [-0.2, -0.15) is 0 Å². The molecule has 0 saturated heterocycles. The molecule has 1 aromatic heterocycles. The third kappa shape index (κ3) is 3.39. The molecule has 3 rings (SSSR count). The molecule has 132 valence electrons. The summed E-state index contributed by atoms with van der Waals surface area (Å²) in [5.74, 6) is -0.108. The van der Waals surface area contributed by atoms with Crippen LogP contribution in [0.3, 0.4) is 0 Å². The minimum Gasteiger partial charge on any atom is -0.461 e. The summed E-state index contributed by atoms with van der Waals surface area (Å²) in [5, 5.41) is 0. The molecule has 1 aliphatic rings. The predicted octanol–water partition coefficient (Wildman–Crippen LogP) is 4.37. The van der Waals surface area contributed by atoms with Crippen LogP contribution in [0.5, 0.6) is 0 Å². The number of nitrogens with one attached hydrogen (secondary N) is 1. The number of aromatic amines is 1. The van der Waals surface area contributed by atoms with Crippen molar-refractivity contribution >= 4 is 11.8 Å². The Balaban J connectivity index is 1.87. The Labute approximate surface area is 148 Å². The van der Waals surface area contributed by atoms with Crippen LogP contribution in [-0.4, -0.2) is 23.3 Å². The maximum absolute atomic E-state index is 12.7. The molecule has 2 aromatic rings. The van der Waals surface area contributed by atoms with Gasteiger partial charge in [-0.3, -0.25) is 4.79 Å². The number of Topliss-reactive ketones (excluding diaryl/α,β-unsaturated/α-hetero) is 1. The summed E-state index contributed by atoms with van der Waals surface area (Å²) in [5.41, 5.74) is 5.17. The number of ether oxygens (including phenoxy) is 1. The van der Waals surface area contributed by atoms with E-state index in [2.05, 4.69) is 36.2 Å². The van der Waals surface area contributed by atoms with Gasteiger partial charge in [-0.05, 0) is 48.8 Å². The van der Waals surface area contributed by atoms with E-state index in [1.807, 2.05) is 13.8 Å². The van der Waals surface area contributed by atoms with Gasteiger partial charge < -0.3 is 9.72 Å². The highest BCUT2D eigenvalue weighted by molar-refractivity contribution is 6.03. The summed E-state index contributed by atoms with van der Waals surface area (Å²) in [6.45, 7) is 6.30. The molecule has 1 aliphatic carbocycles. The maximum Gasteiger partial charge on any atom is 0.355 e. The SMILES string of the molecule is CCCOC(=O)c1[nH]c2c(c1C)C(=O)CC(c1ccc(CC)cc1)C2. The molecule has 25 heavy (non-hydrogen) atoms. The maximum atomic E-state index is 12.7. The summed E-state index contributed by atoms with van der Waals surface area (Å²) >= 11 is 0. The van der Waals surface area contributed by atoms with Gasteiger partial charge in [0.05, 0.1) is 6.61 Å². The molecule has 4 nitrogen and oxygen atoms in total. The van der Waals surface area contributed by atoms with Gasteiger partial charge in [-0.25, -0.2) is 4.79 Å². The molecule has 1 N–H and O–H groups in total. The van der Waals surface area contributed by atoms with Crippen LogP contribution in [-0.2, 0) is 17.6 Å². The van der Waals surface area contributed by atoms with Gasteiger partial charge in [0.15, 0.2) is 5.78 Å². The Hall–Kier alpha value is -2.36. The number of hydrogen-bond donors (Lipinski definition) is 1. The van der Waals surface area contributed by atoms with Crippen molar-refractivity contribution in [1.29, 1.82) is 0 Å². The lowest BCUT2D eigenvalue weighted by molar-refractivity contribution is 0.0498. The molecular weight excluding hydrogens is 314 g/mol. The summed E-state index contributed by atoms with van der Waals surface area (Å²) in [7, 11) is 0. The van der Waals surface area contributed by atoms with Crippen LogP contribution in [0.25, 0.3) is 0 Å². The third-order valence-electron chi connectivity index (χ3n) is 4.99. The van der Waals surface area contributed by atoms with E-state index in [0.29, 0.717) is 24.3 Å². The zero-order valence-electron chi connectivity index (χ0n) is 15.1. The van der Waals surface area contributed by atoms with Crippen molar-refractivity contribution in [2.75, 3.05) is 6.61 Å². The van der Waals surface area contributed by atoms with Crippen LogP contribution in [0.4, 0.5) is 0 Å². The average molecular weight is 339 g/mol. The molecule has 0 spiro atoms. The highest BCUT2D eigenvalue weighted by atomic mass is 16.5. The van der Waals surface area contributed by atoms with E-state index in [1.54, 1.807) is 0 Å². The van der Waals surface area contributed by atoms with Crippen molar-refractivity contribution in [2.45, 2.75) is 52.4 Å². The van der Waals surface area contributed by atoms with Crippen LogP contribution in [0.15, 0.2) is 24.3 Å². The summed E-state index contributed by atoms with van der Waals surface area (Å²) in [6.07, 6.45) is 3.02. The lowest BCUT2D eigenvalue weighted by Crippen LogP contribution is -2.18. The first kappa shape index (κ1) is 17.5. The number of ketones is 1. The van der Waals surface area contributed by atoms with E-state index in [0.717, 1.165) is 30.5 Å². The van der Waals surface area contributed by atoms with Crippen molar-refractivity contribution in [3.63, 3.8) is 0 Å². The van der Waals surface area contributed by atoms with Gasteiger partial charge in [0.25, 0.3) is 0 Å². The zero-order chi connectivity index (χ0) is 18.0. The molecule has 0 amide bonds. The third-order valence-corrected chi connectivity index (χ3v) is 4.99. The van der Waals surface area contributed by atoms with E-state index in [9.17, 15) is 9.59 Å². The van der Waals surface area contributed by atoms with E-state index in [1.165, 1.54) is 11.1 Å². The molecule has 1 atom stereocenters. The summed E-state index contributed by atoms with van der Waals surface area (Å²) < 4.78 is 5.23. The predicted molar refractivity (Wildman–Crippen MR) is 97.3 cm³/mol. The number of carbonyl (C=O) groups is 2. The van der Waals surface area contributed by atoms with E-state index in [4.69, 9.17) is 4.74 Å². The largest absolute Gasteiger partial charge is 0.461 e. The number of aromatic nitrogens is 1. The number of hydrogen-bond acceptors (Lipinski definition) is 3. The summed E-state index contributed by atoms with van der Waals surface area (Å²) in [6, 6.07) is 8.49. The molecule has 0 bridgehead atoms. The van der Waals surface area contributed by atoms with Gasteiger partial charge in [0.2, 0.25) is 0 Å². The lowest BCUT2D eigenvalue weighted by atomic mass is 9.81. The van der Waals surface area contributed by atoms with Crippen molar-refractivity contribution in [2.24, 2.45) is 0 Å². The highest BCUT2D eigenvalue weighted by Crippen LogP contribution is 2.35. The quantitative estimate of drug-likeness (QED) is 0.823. The first-order chi connectivity index (χ1) is 12.0. The van der Waals surface area contributed by atoms with Crippen molar-refractivity contribution < 1.29 is 14.3 Å². The van der Waals surface area contributed by atoms with Crippen molar-refractivity contribution in [3.8, 4) is 0 Å². The first-order valence-electron chi connectivity index (χ1n) is 9.05. The number of benzene rings is 1. The second-order valence-corrected chi connectivity index (χ2v) is 6.74. The first-order valence-corrected chi connectivity index (χ1v) is 9.05. The Morgan fingerprint density at radius 3 is 2.56 bits per heavy atom. The number of carbonyl (C=O) groups excluding carboxylic acids is 2. The molecule has 1 aromatic carbocycles. The lowest BCUT2D eigenvalue weighted by Gasteiger charge is -2.22. The van der Waals surface area contributed by atoms with Gasteiger partial charge in [-0.15, -0.1) is 0 Å². The molecule has 1 unspecified atom stereocenters. The molecule has 0 radical (unpaired) electrons. The van der Waals surface area contributed by atoms with Crippen LogP contribution in [0.1, 0.15) is 75.8 Å². The van der Waals surface area contributed by atoms with Crippen LogP contribution in [0, 0.1) is 6.92 Å². The minimum absolute atomic E-state index is 0.106. The van der Waals surface area contributed by atoms with Crippen LogP contribution >= 0.6 is 0 Å². The number of fused-ring (bicyclic) bond motifs is 1. The fourth-order valence-corrected chi connectivity index (χ4v) is 3.57. The van der Waals surface area contributed by atoms with Gasteiger partial charge in [0, 0.05) is 17.7 Å². The minimum atomic E-state index is -0.370.